The van der Waals surface area contributed by atoms with Crippen LogP contribution in [0.1, 0.15) is 38.5 Å². The average Bonchev–Trinajstić information content (AvgIpc) is 2.63. The number of halogens is 2. The van der Waals surface area contributed by atoms with Crippen molar-refractivity contribution in [1.82, 2.24) is 5.32 Å². The van der Waals surface area contributed by atoms with E-state index in [-0.39, 0.29) is 11.4 Å². The lowest BCUT2D eigenvalue weighted by molar-refractivity contribution is 0.246. The van der Waals surface area contributed by atoms with E-state index in [4.69, 9.17) is 11.6 Å². The second-order valence-electron chi connectivity index (χ2n) is 6.14. The molecule has 0 unspecified atom stereocenters. The molecule has 1 heterocycles. The molecule has 1 spiro atoms. The number of hydrogen-bond acceptors (Lipinski definition) is 2. The van der Waals surface area contributed by atoms with Crippen LogP contribution in [0, 0.1) is 5.82 Å². The van der Waals surface area contributed by atoms with E-state index in [1.165, 1.54) is 38.2 Å². The molecule has 0 amide bonds. The van der Waals surface area contributed by atoms with Crippen molar-refractivity contribution in [3.63, 3.8) is 0 Å². The Kier molecular flexibility index (Phi) is 4.18. The smallest absolute Gasteiger partial charge is 0.147 e. The minimum Gasteiger partial charge on any atom is -0.367 e. The molecule has 1 aromatic rings. The van der Waals surface area contributed by atoms with Gasteiger partial charge in [-0.3, -0.25) is 0 Å². The summed E-state index contributed by atoms with van der Waals surface area (Å²) in [4.78, 5) is 2.21. The predicted octanol–water partition coefficient (Wildman–Crippen LogP) is 3.98. The van der Waals surface area contributed by atoms with Gasteiger partial charge in [-0.2, -0.15) is 0 Å². The summed E-state index contributed by atoms with van der Waals surface area (Å²) >= 11 is 5.86. The highest BCUT2D eigenvalue weighted by molar-refractivity contribution is 6.30. The van der Waals surface area contributed by atoms with Crippen LogP contribution in [-0.2, 0) is 0 Å². The molecule has 4 heteroatoms. The van der Waals surface area contributed by atoms with Crippen molar-refractivity contribution in [1.29, 1.82) is 0 Å². The predicted molar refractivity (Wildman–Crippen MR) is 82.1 cm³/mol. The molecule has 1 saturated heterocycles. The van der Waals surface area contributed by atoms with Crippen molar-refractivity contribution in [2.45, 2.75) is 44.1 Å². The van der Waals surface area contributed by atoms with Gasteiger partial charge in [0, 0.05) is 23.7 Å². The van der Waals surface area contributed by atoms with Crippen LogP contribution < -0.4 is 10.2 Å². The third kappa shape index (κ3) is 2.94. The molecule has 1 saturated carbocycles. The van der Waals surface area contributed by atoms with Crippen LogP contribution in [-0.4, -0.2) is 25.2 Å². The average molecular weight is 297 g/mol. The fourth-order valence-corrected chi connectivity index (χ4v) is 3.79. The van der Waals surface area contributed by atoms with E-state index in [0.717, 1.165) is 26.1 Å². The second-order valence-corrected chi connectivity index (χ2v) is 6.58. The number of nitrogens with one attached hydrogen (secondary N) is 1. The van der Waals surface area contributed by atoms with Crippen molar-refractivity contribution >= 4 is 17.3 Å². The van der Waals surface area contributed by atoms with E-state index < -0.39 is 0 Å². The van der Waals surface area contributed by atoms with Crippen LogP contribution in [0.5, 0.6) is 0 Å². The molecular formula is C16H22ClFN2. The Morgan fingerprint density at radius 2 is 1.95 bits per heavy atom. The maximum Gasteiger partial charge on any atom is 0.147 e. The van der Waals surface area contributed by atoms with Gasteiger partial charge in [0.05, 0.1) is 5.69 Å². The van der Waals surface area contributed by atoms with Crippen molar-refractivity contribution in [2.75, 3.05) is 24.5 Å². The van der Waals surface area contributed by atoms with Gasteiger partial charge in [-0.05, 0) is 44.0 Å². The Balaban J connectivity index is 1.84. The summed E-state index contributed by atoms with van der Waals surface area (Å²) in [6, 6.07) is 5.02. The molecule has 0 aromatic heterocycles. The molecule has 0 bridgehead atoms. The first kappa shape index (κ1) is 14.2. The van der Waals surface area contributed by atoms with Gasteiger partial charge in [0.15, 0.2) is 0 Å². The molecule has 2 fully saturated rings. The van der Waals surface area contributed by atoms with Gasteiger partial charge < -0.3 is 10.2 Å². The molecule has 110 valence electrons. The summed E-state index contributed by atoms with van der Waals surface area (Å²) in [7, 11) is 0. The molecule has 0 radical (unpaired) electrons. The zero-order valence-corrected chi connectivity index (χ0v) is 12.6. The summed E-state index contributed by atoms with van der Waals surface area (Å²) in [5.41, 5.74) is 0.879. The Morgan fingerprint density at radius 3 is 2.70 bits per heavy atom. The zero-order chi connectivity index (χ0) is 14.0. The van der Waals surface area contributed by atoms with Crippen molar-refractivity contribution in [2.24, 2.45) is 0 Å². The third-order valence-corrected chi connectivity index (χ3v) is 4.89. The molecule has 20 heavy (non-hydrogen) atoms. The summed E-state index contributed by atoms with van der Waals surface area (Å²) in [5.74, 6) is -0.203. The first-order valence-corrected chi connectivity index (χ1v) is 8.01. The van der Waals surface area contributed by atoms with Crippen LogP contribution in [0.2, 0.25) is 5.02 Å². The maximum atomic E-state index is 14.2. The topological polar surface area (TPSA) is 15.3 Å². The Bertz CT molecular complexity index is 472. The first-order chi connectivity index (χ1) is 9.69. The first-order valence-electron chi connectivity index (χ1n) is 7.64. The monoisotopic (exact) mass is 296 g/mol. The number of anilines is 1. The summed E-state index contributed by atoms with van der Waals surface area (Å²) in [5, 5.41) is 4.20. The van der Waals surface area contributed by atoms with Gasteiger partial charge in [0.2, 0.25) is 0 Å². The van der Waals surface area contributed by atoms with Gasteiger partial charge in [-0.25, -0.2) is 4.39 Å². The van der Waals surface area contributed by atoms with Crippen LogP contribution >= 0.6 is 11.6 Å². The van der Waals surface area contributed by atoms with Crippen molar-refractivity contribution < 1.29 is 4.39 Å². The lowest BCUT2D eigenvalue weighted by Gasteiger charge is -2.40. The molecular weight excluding hydrogens is 275 g/mol. The second kappa shape index (κ2) is 5.90. The molecule has 1 aromatic carbocycles. The Labute approximate surface area is 125 Å². The lowest BCUT2D eigenvalue weighted by Crippen LogP contribution is -2.52. The molecule has 1 N–H and O–H groups in total. The van der Waals surface area contributed by atoms with Gasteiger partial charge in [0.1, 0.15) is 5.82 Å². The van der Waals surface area contributed by atoms with E-state index in [9.17, 15) is 4.39 Å². The molecule has 1 aliphatic carbocycles. The van der Waals surface area contributed by atoms with E-state index in [2.05, 4.69) is 10.2 Å². The van der Waals surface area contributed by atoms with Crippen molar-refractivity contribution in [3.05, 3.63) is 29.0 Å². The highest BCUT2D eigenvalue weighted by Crippen LogP contribution is 2.33. The highest BCUT2D eigenvalue weighted by Gasteiger charge is 2.35. The zero-order valence-electron chi connectivity index (χ0n) is 11.8. The minimum atomic E-state index is -0.203. The molecule has 0 atom stereocenters. The number of benzene rings is 1. The maximum absolute atomic E-state index is 14.2. The van der Waals surface area contributed by atoms with Crippen LogP contribution in [0.3, 0.4) is 0 Å². The van der Waals surface area contributed by atoms with Gasteiger partial charge >= 0.3 is 0 Å². The van der Waals surface area contributed by atoms with Gasteiger partial charge in [-0.1, -0.05) is 30.9 Å². The molecule has 2 nitrogen and oxygen atoms in total. The molecule has 3 rings (SSSR count). The molecule has 1 aliphatic heterocycles. The largest absolute Gasteiger partial charge is 0.367 e. The van der Waals surface area contributed by atoms with E-state index >= 15 is 0 Å². The quantitative estimate of drug-likeness (QED) is 0.843. The Hall–Kier alpha value is -0.800. The van der Waals surface area contributed by atoms with Crippen LogP contribution in [0.25, 0.3) is 0 Å². The Morgan fingerprint density at radius 1 is 1.15 bits per heavy atom. The van der Waals surface area contributed by atoms with E-state index in [1.54, 1.807) is 6.07 Å². The number of nitrogens with zero attached hydrogens (tertiary/aromatic N) is 1. The third-order valence-electron chi connectivity index (χ3n) is 4.66. The van der Waals surface area contributed by atoms with Crippen LogP contribution in [0.4, 0.5) is 10.1 Å². The fourth-order valence-electron chi connectivity index (χ4n) is 3.63. The van der Waals surface area contributed by atoms with Crippen molar-refractivity contribution in [3.8, 4) is 0 Å². The summed E-state index contributed by atoms with van der Waals surface area (Å²) < 4.78 is 14.2. The number of hydrogen-bond donors (Lipinski definition) is 1. The lowest BCUT2D eigenvalue weighted by atomic mass is 9.81. The SMILES string of the molecule is Fc1cc(Cl)ccc1N1CCCNC2(CCCCC2)C1. The van der Waals surface area contributed by atoms with E-state index in [0.29, 0.717) is 10.7 Å². The normalized spacial score (nSPS) is 22.8. The highest BCUT2D eigenvalue weighted by atomic mass is 35.5. The van der Waals surface area contributed by atoms with E-state index in [1.807, 2.05) is 6.07 Å². The standard InChI is InChI=1S/C16H22ClFN2/c17-13-5-6-15(14(18)11-13)20-10-4-9-19-16(12-20)7-2-1-3-8-16/h5-6,11,19H,1-4,7-10,12H2. The van der Waals surface area contributed by atoms with Gasteiger partial charge in [0.25, 0.3) is 0 Å². The van der Waals surface area contributed by atoms with Gasteiger partial charge in [-0.15, -0.1) is 0 Å². The minimum absolute atomic E-state index is 0.181. The molecule has 2 aliphatic rings. The summed E-state index contributed by atoms with van der Waals surface area (Å²) in [6.45, 7) is 2.85. The summed E-state index contributed by atoms with van der Waals surface area (Å²) in [6.07, 6.45) is 7.37. The van der Waals surface area contributed by atoms with Crippen LogP contribution in [0.15, 0.2) is 18.2 Å². The number of rotatable bonds is 1. The fraction of sp³-hybridized carbons (Fsp3) is 0.625.